The van der Waals surface area contributed by atoms with Gasteiger partial charge in [-0.15, -0.1) is 0 Å². The van der Waals surface area contributed by atoms with Gasteiger partial charge >= 0.3 is 0 Å². The third-order valence-electron chi connectivity index (χ3n) is 3.55. The molecule has 0 aliphatic heterocycles. The van der Waals surface area contributed by atoms with E-state index in [4.69, 9.17) is 5.73 Å². The number of nitrogens with two attached hydrogens (primary N) is 1. The molecule has 0 spiro atoms. The van der Waals surface area contributed by atoms with Crippen LogP contribution in [-0.2, 0) is 0 Å². The van der Waals surface area contributed by atoms with Crippen molar-refractivity contribution in [2.45, 2.75) is 31.2 Å². The molecule has 0 saturated heterocycles. The zero-order valence-electron chi connectivity index (χ0n) is 8.97. The summed E-state index contributed by atoms with van der Waals surface area (Å²) in [7, 11) is 0. The Morgan fingerprint density at radius 1 is 1.20 bits per heavy atom. The standard InChI is InChI=1S/C13H19NO/c14-13-7-6-11(8-12(13)9-15)10-4-2-1-3-5-10/h1-5,11-13,15H,6-9,14H2/t11-,12-,13+/m0/s1. The third kappa shape index (κ3) is 2.39. The fraction of sp³-hybridized carbons (Fsp3) is 0.538. The molecule has 2 rings (SSSR count). The van der Waals surface area contributed by atoms with Gasteiger partial charge in [0.15, 0.2) is 0 Å². The first kappa shape index (κ1) is 10.7. The Balaban J connectivity index is 2.06. The molecule has 1 aromatic carbocycles. The third-order valence-corrected chi connectivity index (χ3v) is 3.55. The summed E-state index contributed by atoms with van der Waals surface area (Å²) in [5.41, 5.74) is 7.36. The van der Waals surface area contributed by atoms with Crippen LogP contribution in [0.3, 0.4) is 0 Å². The molecule has 82 valence electrons. The molecule has 0 aromatic heterocycles. The van der Waals surface area contributed by atoms with E-state index in [9.17, 15) is 5.11 Å². The molecule has 1 aliphatic carbocycles. The molecule has 0 bridgehead atoms. The van der Waals surface area contributed by atoms with E-state index in [1.54, 1.807) is 0 Å². The first-order chi connectivity index (χ1) is 7.31. The van der Waals surface area contributed by atoms with Gasteiger partial charge in [-0.05, 0) is 36.7 Å². The molecule has 1 aliphatic rings. The summed E-state index contributed by atoms with van der Waals surface area (Å²) in [5.74, 6) is 0.868. The van der Waals surface area contributed by atoms with Crippen LogP contribution >= 0.6 is 0 Å². The fourth-order valence-corrected chi connectivity index (χ4v) is 2.53. The van der Waals surface area contributed by atoms with Crippen LogP contribution in [0.15, 0.2) is 30.3 Å². The Morgan fingerprint density at radius 3 is 2.60 bits per heavy atom. The summed E-state index contributed by atoms with van der Waals surface area (Å²) < 4.78 is 0. The van der Waals surface area contributed by atoms with Crippen molar-refractivity contribution in [1.82, 2.24) is 0 Å². The second kappa shape index (κ2) is 4.77. The molecule has 1 aromatic rings. The molecule has 0 heterocycles. The number of hydrogen-bond acceptors (Lipinski definition) is 2. The summed E-state index contributed by atoms with van der Waals surface area (Å²) in [5, 5.41) is 9.25. The van der Waals surface area contributed by atoms with Crippen LogP contribution in [0.1, 0.15) is 30.7 Å². The molecule has 0 amide bonds. The van der Waals surface area contributed by atoms with Gasteiger partial charge in [0.05, 0.1) is 0 Å². The van der Waals surface area contributed by atoms with Gasteiger partial charge in [0.2, 0.25) is 0 Å². The van der Waals surface area contributed by atoms with Crippen molar-refractivity contribution >= 4 is 0 Å². The van der Waals surface area contributed by atoms with E-state index in [-0.39, 0.29) is 18.6 Å². The number of hydrogen-bond donors (Lipinski definition) is 2. The molecular weight excluding hydrogens is 186 g/mol. The van der Waals surface area contributed by atoms with Crippen molar-refractivity contribution in [3.05, 3.63) is 35.9 Å². The van der Waals surface area contributed by atoms with Crippen molar-refractivity contribution in [2.75, 3.05) is 6.61 Å². The second-order valence-corrected chi connectivity index (χ2v) is 4.53. The topological polar surface area (TPSA) is 46.2 Å². The second-order valence-electron chi connectivity index (χ2n) is 4.53. The minimum atomic E-state index is 0.190. The zero-order valence-corrected chi connectivity index (χ0v) is 8.97. The molecule has 3 N–H and O–H groups in total. The van der Waals surface area contributed by atoms with Crippen LogP contribution in [0.2, 0.25) is 0 Å². The van der Waals surface area contributed by atoms with Gasteiger partial charge in [-0.3, -0.25) is 0 Å². The van der Waals surface area contributed by atoms with E-state index in [2.05, 4.69) is 24.3 Å². The lowest BCUT2D eigenvalue weighted by Gasteiger charge is -2.33. The number of aliphatic hydroxyl groups is 1. The summed E-state index contributed by atoms with van der Waals surface area (Å²) in [6, 6.07) is 10.7. The summed E-state index contributed by atoms with van der Waals surface area (Å²) >= 11 is 0. The van der Waals surface area contributed by atoms with E-state index in [0.29, 0.717) is 5.92 Å². The van der Waals surface area contributed by atoms with E-state index in [1.807, 2.05) is 6.07 Å². The van der Waals surface area contributed by atoms with Gasteiger partial charge in [0.1, 0.15) is 0 Å². The molecule has 0 unspecified atom stereocenters. The van der Waals surface area contributed by atoms with Crippen LogP contribution in [0, 0.1) is 5.92 Å². The van der Waals surface area contributed by atoms with Gasteiger partial charge in [-0.25, -0.2) is 0 Å². The number of aliphatic hydroxyl groups excluding tert-OH is 1. The maximum absolute atomic E-state index is 9.25. The van der Waals surface area contributed by atoms with Crippen LogP contribution in [0.5, 0.6) is 0 Å². The monoisotopic (exact) mass is 205 g/mol. The van der Waals surface area contributed by atoms with Gasteiger partial charge in [-0.2, -0.15) is 0 Å². The van der Waals surface area contributed by atoms with Gasteiger partial charge < -0.3 is 10.8 Å². The van der Waals surface area contributed by atoms with Gasteiger partial charge in [0, 0.05) is 12.6 Å². The Bertz CT molecular complexity index is 299. The molecule has 3 atom stereocenters. The lowest BCUT2D eigenvalue weighted by atomic mass is 9.76. The SMILES string of the molecule is N[C@@H]1CC[C@H](c2ccccc2)C[C@H]1CO. The van der Waals surface area contributed by atoms with Gasteiger partial charge in [-0.1, -0.05) is 30.3 Å². The Kier molecular flexibility index (Phi) is 3.39. The van der Waals surface area contributed by atoms with Crippen LogP contribution in [0.4, 0.5) is 0 Å². The molecule has 0 radical (unpaired) electrons. The van der Waals surface area contributed by atoms with E-state index in [0.717, 1.165) is 19.3 Å². The predicted molar refractivity (Wildman–Crippen MR) is 61.6 cm³/mol. The van der Waals surface area contributed by atoms with Crippen molar-refractivity contribution in [1.29, 1.82) is 0 Å². The highest BCUT2D eigenvalue weighted by molar-refractivity contribution is 5.20. The van der Waals surface area contributed by atoms with Crippen molar-refractivity contribution < 1.29 is 5.11 Å². The zero-order chi connectivity index (χ0) is 10.7. The Morgan fingerprint density at radius 2 is 1.93 bits per heavy atom. The minimum absolute atomic E-state index is 0.190. The Labute approximate surface area is 91.1 Å². The highest BCUT2D eigenvalue weighted by Gasteiger charge is 2.28. The molecule has 2 nitrogen and oxygen atoms in total. The minimum Gasteiger partial charge on any atom is -0.396 e. The fourth-order valence-electron chi connectivity index (χ4n) is 2.53. The number of rotatable bonds is 2. The molecular formula is C13H19NO. The highest BCUT2D eigenvalue weighted by Crippen LogP contribution is 2.35. The predicted octanol–water partition coefficient (Wildman–Crippen LogP) is 1.89. The summed E-state index contributed by atoms with van der Waals surface area (Å²) in [6.07, 6.45) is 3.22. The highest BCUT2D eigenvalue weighted by atomic mass is 16.3. The smallest absolute Gasteiger partial charge is 0.0474 e. The van der Waals surface area contributed by atoms with Crippen molar-refractivity contribution in [3.8, 4) is 0 Å². The van der Waals surface area contributed by atoms with E-state index < -0.39 is 0 Å². The van der Waals surface area contributed by atoms with E-state index in [1.165, 1.54) is 5.56 Å². The first-order valence-corrected chi connectivity index (χ1v) is 5.72. The normalized spacial score (nSPS) is 31.5. The molecule has 1 saturated carbocycles. The molecule has 15 heavy (non-hydrogen) atoms. The average molecular weight is 205 g/mol. The van der Waals surface area contributed by atoms with E-state index >= 15 is 0 Å². The lowest BCUT2D eigenvalue weighted by molar-refractivity contribution is 0.160. The average Bonchev–Trinajstić information content (AvgIpc) is 2.31. The summed E-state index contributed by atoms with van der Waals surface area (Å²) in [6.45, 7) is 0.227. The Hall–Kier alpha value is -0.860. The maximum atomic E-state index is 9.25. The van der Waals surface area contributed by atoms with Crippen LogP contribution < -0.4 is 5.73 Å². The van der Waals surface area contributed by atoms with Crippen molar-refractivity contribution in [2.24, 2.45) is 11.7 Å². The maximum Gasteiger partial charge on any atom is 0.0474 e. The number of benzene rings is 1. The molecule has 1 fully saturated rings. The first-order valence-electron chi connectivity index (χ1n) is 5.72. The summed E-state index contributed by atoms with van der Waals surface area (Å²) in [4.78, 5) is 0. The quantitative estimate of drug-likeness (QED) is 0.774. The van der Waals surface area contributed by atoms with Crippen LogP contribution in [0.25, 0.3) is 0 Å². The molecule has 2 heteroatoms. The largest absolute Gasteiger partial charge is 0.396 e. The lowest BCUT2D eigenvalue weighted by Crippen LogP contribution is -2.37. The van der Waals surface area contributed by atoms with Gasteiger partial charge in [0.25, 0.3) is 0 Å². The van der Waals surface area contributed by atoms with Crippen molar-refractivity contribution in [3.63, 3.8) is 0 Å². The van der Waals surface area contributed by atoms with Crippen LogP contribution in [-0.4, -0.2) is 17.8 Å².